The van der Waals surface area contributed by atoms with Crippen molar-refractivity contribution in [3.8, 4) is 0 Å². The Balaban J connectivity index is 1.60. The Bertz CT molecular complexity index is 718. The van der Waals surface area contributed by atoms with Gasteiger partial charge >= 0.3 is 0 Å². The molecule has 0 saturated carbocycles. The van der Waals surface area contributed by atoms with Crippen LogP contribution in [-0.4, -0.2) is 57.4 Å². The Hall–Kier alpha value is -1.76. The highest BCUT2D eigenvalue weighted by molar-refractivity contribution is 5.17. The number of H-pyrrole nitrogens is 1. The monoisotopic (exact) mass is 374 g/mol. The van der Waals surface area contributed by atoms with E-state index in [0.717, 1.165) is 49.6 Å². The maximum Gasteiger partial charge on any atom is 0.127 e. The molecule has 0 radical (unpaired) electrons. The molecule has 27 heavy (non-hydrogen) atoms. The molecule has 2 aromatic rings. The van der Waals surface area contributed by atoms with E-state index < -0.39 is 0 Å². The van der Waals surface area contributed by atoms with Crippen molar-refractivity contribution >= 4 is 0 Å². The number of benzene rings is 1. The average molecular weight is 375 g/mol. The molecule has 1 aliphatic rings. The van der Waals surface area contributed by atoms with Gasteiger partial charge in [-0.15, -0.1) is 0 Å². The van der Waals surface area contributed by atoms with E-state index in [1.807, 2.05) is 12.1 Å². The number of piperazine rings is 1. The van der Waals surface area contributed by atoms with Gasteiger partial charge in [-0.05, 0) is 30.9 Å². The van der Waals surface area contributed by atoms with Gasteiger partial charge in [-0.25, -0.2) is 4.39 Å². The van der Waals surface area contributed by atoms with Crippen LogP contribution in [-0.2, 0) is 19.5 Å². The predicted octanol–water partition coefficient (Wildman–Crippen LogP) is 2.82. The summed E-state index contributed by atoms with van der Waals surface area (Å²) in [6, 6.07) is 9.34. The summed E-state index contributed by atoms with van der Waals surface area (Å²) in [4.78, 5) is 4.69. The topological polar surface area (TPSA) is 55.4 Å². The molecule has 5 nitrogen and oxygen atoms in total. The number of aliphatic hydroxyl groups excluding tert-OH is 1. The van der Waals surface area contributed by atoms with E-state index in [4.69, 9.17) is 0 Å². The Labute approximate surface area is 161 Å². The van der Waals surface area contributed by atoms with Crippen LogP contribution in [0, 0.1) is 11.7 Å². The molecular weight excluding hydrogens is 343 g/mol. The van der Waals surface area contributed by atoms with Crippen molar-refractivity contribution in [2.75, 3.05) is 26.2 Å². The molecule has 0 spiro atoms. The lowest BCUT2D eigenvalue weighted by molar-refractivity contribution is 0.0487. The number of rotatable bonds is 8. The molecule has 2 N–H and O–H groups in total. The van der Waals surface area contributed by atoms with Gasteiger partial charge < -0.3 is 5.11 Å². The number of hydrogen-bond acceptors (Lipinski definition) is 4. The molecule has 0 unspecified atom stereocenters. The molecule has 0 bridgehead atoms. The second-order valence-electron chi connectivity index (χ2n) is 7.95. The lowest BCUT2D eigenvalue weighted by Gasteiger charge is -2.41. The van der Waals surface area contributed by atoms with Crippen LogP contribution < -0.4 is 0 Å². The molecule has 2 heterocycles. The van der Waals surface area contributed by atoms with Crippen molar-refractivity contribution in [3.05, 3.63) is 53.1 Å². The van der Waals surface area contributed by atoms with Crippen LogP contribution in [0.5, 0.6) is 0 Å². The van der Waals surface area contributed by atoms with E-state index in [2.05, 4.69) is 39.9 Å². The molecule has 3 rings (SSSR count). The van der Waals surface area contributed by atoms with Gasteiger partial charge in [-0.3, -0.25) is 14.9 Å². The summed E-state index contributed by atoms with van der Waals surface area (Å²) in [7, 11) is 0. The van der Waals surface area contributed by atoms with E-state index in [9.17, 15) is 9.50 Å². The summed E-state index contributed by atoms with van der Waals surface area (Å²) >= 11 is 0. The molecule has 1 aliphatic heterocycles. The van der Waals surface area contributed by atoms with Crippen LogP contribution in [0.25, 0.3) is 0 Å². The quantitative estimate of drug-likeness (QED) is 0.746. The Morgan fingerprint density at radius 3 is 2.81 bits per heavy atom. The van der Waals surface area contributed by atoms with Crippen molar-refractivity contribution in [1.29, 1.82) is 0 Å². The molecule has 1 saturated heterocycles. The zero-order valence-electron chi connectivity index (χ0n) is 16.4. The van der Waals surface area contributed by atoms with Gasteiger partial charge in [0, 0.05) is 56.6 Å². The van der Waals surface area contributed by atoms with Crippen molar-refractivity contribution in [3.63, 3.8) is 0 Å². The third-order valence-corrected chi connectivity index (χ3v) is 5.18. The van der Waals surface area contributed by atoms with Gasteiger partial charge in [0.1, 0.15) is 5.82 Å². The average Bonchev–Trinajstić information content (AvgIpc) is 3.05. The fourth-order valence-corrected chi connectivity index (χ4v) is 3.83. The van der Waals surface area contributed by atoms with Crippen molar-refractivity contribution in [2.24, 2.45) is 5.92 Å². The summed E-state index contributed by atoms with van der Waals surface area (Å²) in [5, 5.41) is 17.1. The van der Waals surface area contributed by atoms with Gasteiger partial charge in [0.25, 0.3) is 0 Å². The molecule has 1 aromatic carbocycles. The molecule has 1 atom stereocenters. The fourth-order valence-electron chi connectivity index (χ4n) is 3.83. The first-order valence-electron chi connectivity index (χ1n) is 9.89. The van der Waals surface area contributed by atoms with Gasteiger partial charge in [0.05, 0.1) is 5.69 Å². The van der Waals surface area contributed by atoms with E-state index in [1.165, 1.54) is 6.07 Å². The van der Waals surface area contributed by atoms with Crippen LogP contribution in [0.3, 0.4) is 0 Å². The molecule has 1 fully saturated rings. The van der Waals surface area contributed by atoms with Crippen LogP contribution in [0.15, 0.2) is 30.3 Å². The number of hydrogen-bond donors (Lipinski definition) is 2. The summed E-state index contributed by atoms with van der Waals surface area (Å²) in [6.45, 7) is 8.63. The highest BCUT2D eigenvalue weighted by Crippen LogP contribution is 2.19. The Morgan fingerprint density at radius 2 is 2.07 bits per heavy atom. The van der Waals surface area contributed by atoms with Crippen LogP contribution in [0.1, 0.15) is 37.2 Å². The third-order valence-electron chi connectivity index (χ3n) is 5.18. The van der Waals surface area contributed by atoms with E-state index in [0.29, 0.717) is 18.9 Å². The molecule has 6 heteroatoms. The standard InChI is InChI=1S/C21H31FN4O/c1-16(2)11-18-12-19(24-23-18)14-25-8-9-26(20(15-25)7-10-27)13-17-5-3-4-6-21(17)22/h3-6,12,16,20,27H,7-11,13-15H2,1-2H3,(H,23,24)/t20-/m1/s1. The Morgan fingerprint density at radius 1 is 1.26 bits per heavy atom. The normalized spacial score (nSPS) is 19.1. The Kier molecular flexibility index (Phi) is 6.99. The van der Waals surface area contributed by atoms with Gasteiger partial charge in [-0.1, -0.05) is 32.0 Å². The second-order valence-corrected chi connectivity index (χ2v) is 7.95. The lowest BCUT2D eigenvalue weighted by atomic mass is 10.1. The summed E-state index contributed by atoms with van der Waals surface area (Å²) in [6.07, 6.45) is 1.69. The summed E-state index contributed by atoms with van der Waals surface area (Å²) in [5.74, 6) is 0.440. The van der Waals surface area contributed by atoms with Gasteiger partial charge in [-0.2, -0.15) is 5.10 Å². The number of halogens is 1. The molecule has 1 aromatic heterocycles. The molecule has 0 amide bonds. The minimum atomic E-state index is -0.155. The smallest absolute Gasteiger partial charge is 0.127 e. The van der Waals surface area contributed by atoms with E-state index in [1.54, 1.807) is 6.07 Å². The minimum Gasteiger partial charge on any atom is -0.396 e. The van der Waals surface area contributed by atoms with Gasteiger partial charge in [0.15, 0.2) is 0 Å². The largest absolute Gasteiger partial charge is 0.396 e. The summed E-state index contributed by atoms with van der Waals surface area (Å²) in [5.41, 5.74) is 2.97. The van der Waals surface area contributed by atoms with Crippen molar-refractivity contribution in [1.82, 2.24) is 20.0 Å². The molecular formula is C21H31FN4O. The maximum atomic E-state index is 14.0. The minimum absolute atomic E-state index is 0.148. The first-order chi connectivity index (χ1) is 13.0. The highest BCUT2D eigenvalue weighted by atomic mass is 19.1. The first-order valence-corrected chi connectivity index (χ1v) is 9.89. The maximum absolute atomic E-state index is 14.0. The number of nitrogens with zero attached hydrogens (tertiary/aromatic N) is 3. The molecule has 148 valence electrons. The van der Waals surface area contributed by atoms with Crippen molar-refractivity contribution < 1.29 is 9.50 Å². The highest BCUT2D eigenvalue weighted by Gasteiger charge is 2.27. The van der Waals surface area contributed by atoms with Crippen LogP contribution in [0.4, 0.5) is 4.39 Å². The zero-order valence-corrected chi connectivity index (χ0v) is 16.4. The van der Waals surface area contributed by atoms with Crippen LogP contribution >= 0.6 is 0 Å². The predicted molar refractivity (Wildman–Crippen MR) is 105 cm³/mol. The number of aromatic nitrogens is 2. The lowest BCUT2D eigenvalue weighted by Crippen LogP contribution is -2.52. The second kappa shape index (κ2) is 9.44. The number of nitrogens with one attached hydrogen (secondary N) is 1. The van der Waals surface area contributed by atoms with E-state index >= 15 is 0 Å². The molecule has 0 aliphatic carbocycles. The zero-order chi connectivity index (χ0) is 19.2. The number of aliphatic hydroxyl groups is 1. The van der Waals surface area contributed by atoms with Crippen molar-refractivity contribution in [2.45, 2.75) is 45.8 Å². The van der Waals surface area contributed by atoms with E-state index in [-0.39, 0.29) is 18.5 Å². The number of aromatic amines is 1. The van der Waals surface area contributed by atoms with Gasteiger partial charge in [0.2, 0.25) is 0 Å². The van der Waals surface area contributed by atoms with Crippen LogP contribution in [0.2, 0.25) is 0 Å². The third kappa shape index (κ3) is 5.61. The fraction of sp³-hybridized carbons (Fsp3) is 0.571. The summed E-state index contributed by atoms with van der Waals surface area (Å²) < 4.78 is 14.0. The SMILES string of the molecule is CC(C)Cc1cc(CN2CCN(Cc3ccccc3F)[C@H](CCO)C2)[nH]n1. The first kappa shape index (κ1) is 20.0.